The van der Waals surface area contributed by atoms with E-state index in [1.165, 1.54) is 13.1 Å². The van der Waals surface area contributed by atoms with Crippen LogP contribution >= 0.6 is 0 Å². The molecular formula is C13H13F3N6O2. The second kappa shape index (κ2) is 5.42. The Morgan fingerprint density at radius 2 is 2.00 bits per heavy atom. The molecule has 8 nitrogen and oxygen atoms in total. The number of hydrogen-bond donors (Lipinski definition) is 1. The van der Waals surface area contributed by atoms with Gasteiger partial charge in [0.2, 0.25) is 5.91 Å². The van der Waals surface area contributed by atoms with Crippen LogP contribution in [0.25, 0.3) is 5.78 Å². The standard InChI is InChI=1S/C13H13F3N6O2/c1-6-5-8(18-7-3-4-9(23)21(2)10(7)24)22-12(17-6)19-11(20-22)13(14,15)16/h5,7,18H,3-4H2,1-2H3/t7-/m1/s1. The summed E-state index contributed by atoms with van der Waals surface area (Å²) in [4.78, 5) is 31.9. The number of aryl methyl sites for hydroxylation is 1. The molecule has 2 amide bonds. The average molecular weight is 342 g/mol. The van der Waals surface area contributed by atoms with Gasteiger partial charge in [0, 0.05) is 25.2 Å². The average Bonchev–Trinajstić information content (AvgIpc) is 2.92. The molecule has 0 radical (unpaired) electrons. The number of likely N-dealkylation sites (N-methyl/N-ethyl adjacent to an activating group) is 1. The Labute approximate surface area is 133 Å². The summed E-state index contributed by atoms with van der Waals surface area (Å²) in [6.07, 6.45) is -4.30. The van der Waals surface area contributed by atoms with Crippen molar-refractivity contribution in [2.45, 2.75) is 32.0 Å². The van der Waals surface area contributed by atoms with Crippen LogP contribution < -0.4 is 5.32 Å². The third-order valence-corrected chi connectivity index (χ3v) is 3.67. The van der Waals surface area contributed by atoms with Gasteiger partial charge in [0.1, 0.15) is 11.9 Å². The van der Waals surface area contributed by atoms with Gasteiger partial charge in [-0.05, 0) is 13.3 Å². The zero-order valence-corrected chi connectivity index (χ0v) is 12.8. The van der Waals surface area contributed by atoms with Crippen molar-refractivity contribution in [2.24, 2.45) is 0 Å². The van der Waals surface area contributed by atoms with Crippen LogP contribution in [-0.4, -0.2) is 49.4 Å². The molecule has 2 aromatic rings. The molecule has 128 valence electrons. The number of piperidine rings is 1. The van der Waals surface area contributed by atoms with Crippen LogP contribution in [0.5, 0.6) is 0 Å². The number of anilines is 1. The number of nitrogens with zero attached hydrogens (tertiary/aromatic N) is 5. The largest absolute Gasteiger partial charge is 0.453 e. The zero-order valence-electron chi connectivity index (χ0n) is 12.8. The maximum absolute atomic E-state index is 12.8. The summed E-state index contributed by atoms with van der Waals surface area (Å²) in [5, 5.41) is 6.25. The first kappa shape index (κ1) is 16.1. The van der Waals surface area contributed by atoms with Crippen LogP contribution in [-0.2, 0) is 15.8 Å². The van der Waals surface area contributed by atoms with E-state index in [2.05, 4.69) is 20.4 Å². The van der Waals surface area contributed by atoms with Crippen molar-refractivity contribution < 1.29 is 22.8 Å². The summed E-state index contributed by atoms with van der Waals surface area (Å²) in [6.45, 7) is 1.59. The minimum absolute atomic E-state index is 0.154. The molecule has 0 bridgehead atoms. The van der Waals surface area contributed by atoms with Gasteiger partial charge in [-0.2, -0.15) is 22.7 Å². The minimum atomic E-state index is -4.70. The first-order valence-electron chi connectivity index (χ1n) is 7.05. The van der Waals surface area contributed by atoms with Gasteiger partial charge in [0.05, 0.1) is 0 Å². The number of aromatic nitrogens is 4. The van der Waals surface area contributed by atoms with E-state index in [9.17, 15) is 22.8 Å². The van der Waals surface area contributed by atoms with Crippen LogP contribution in [0.15, 0.2) is 6.07 Å². The van der Waals surface area contributed by atoms with Gasteiger partial charge in [-0.15, -0.1) is 5.10 Å². The number of alkyl halides is 3. The Morgan fingerprint density at radius 3 is 2.67 bits per heavy atom. The maximum atomic E-state index is 12.8. The number of hydrogen-bond acceptors (Lipinski definition) is 6. The lowest BCUT2D eigenvalue weighted by Crippen LogP contribution is -2.48. The van der Waals surface area contributed by atoms with Gasteiger partial charge in [-0.1, -0.05) is 0 Å². The molecule has 2 aromatic heterocycles. The third kappa shape index (κ3) is 2.76. The van der Waals surface area contributed by atoms with Gasteiger partial charge in [-0.3, -0.25) is 14.5 Å². The lowest BCUT2D eigenvalue weighted by Gasteiger charge is -2.28. The molecule has 1 atom stereocenters. The van der Waals surface area contributed by atoms with E-state index < -0.39 is 23.9 Å². The van der Waals surface area contributed by atoms with Crippen molar-refractivity contribution in [3.8, 4) is 0 Å². The summed E-state index contributed by atoms with van der Waals surface area (Å²) in [7, 11) is 1.36. The number of carbonyl (C=O) groups is 2. The van der Waals surface area contributed by atoms with Crippen molar-refractivity contribution in [3.63, 3.8) is 0 Å². The van der Waals surface area contributed by atoms with E-state index in [-0.39, 0.29) is 30.3 Å². The lowest BCUT2D eigenvalue weighted by molar-refractivity contribution is -0.147. The van der Waals surface area contributed by atoms with Crippen LogP contribution in [0.4, 0.5) is 19.0 Å². The van der Waals surface area contributed by atoms with Crippen LogP contribution in [0.1, 0.15) is 24.4 Å². The topological polar surface area (TPSA) is 92.5 Å². The van der Waals surface area contributed by atoms with Gasteiger partial charge in [0.15, 0.2) is 0 Å². The lowest BCUT2D eigenvalue weighted by atomic mass is 10.0. The van der Waals surface area contributed by atoms with Gasteiger partial charge >= 0.3 is 6.18 Å². The van der Waals surface area contributed by atoms with Crippen molar-refractivity contribution in [2.75, 3.05) is 12.4 Å². The Morgan fingerprint density at radius 1 is 1.29 bits per heavy atom. The summed E-state index contributed by atoms with van der Waals surface area (Å²) in [6, 6.07) is 0.724. The number of carbonyl (C=O) groups excluding carboxylic acids is 2. The van der Waals surface area contributed by atoms with E-state index in [4.69, 9.17) is 0 Å². The number of amides is 2. The number of rotatable bonds is 2. The number of nitrogens with one attached hydrogen (secondary N) is 1. The Kier molecular flexibility index (Phi) is 3.65. The maximum Gasteiger partial charge on any atom is 0.453 e. The highest BCUT2D eigenvalue weighted by Crippen LogP contribution is 2.27. The van der Waals surface area contributed by atoms with Crippen molar-refractivity contribution in [1.29, 1.82) is 0 Å². The number of likely N-dealkylation sites (tertiary alicyclic amines) is 1. The Hall–Kier alpha value is -2.72. The summed E-state index contributed by atoms with van der Waals surface area (Å²) in [5.41, 5.74) is 0.416. The molecule has 0 unspecified atom stereocenters. The minimum Gasteiger partial charge on any atom is -0.358 e. The van der Waals surface area contributed by atoms with Gasteiger partial charge < -0.3 is 5.32 Å². The zero-order chi connectivity index (χ0) is 17.6. The summed E-state index contributed by atoms with van der Waals surface area (Å²) >= 11 is 0. The highest BCUT2D eigenvalue weighted by atomic mass is 19.4. The molecule has 1 saturated heterocycles. The monoisotopic (exact) mass is 342 g/mol. The van der Waals surface area contributed by atoms with Crippen molar-refractivity contribution in [3.05, 3.63) is 17.6 Å². The molecule has 1 aliphatic rings. The molecular weight excluding hydrogens is 329 g/mol. The number of imide groups is 1. The Balaban J connectivity index is 1.98. The fourth-order valence-corrected chi connectivity index (χ4v) is 2.44. The summed E-state index contributed by atoms with van der Waals surface area (Å²) in [5.74, 6) is -2.13. The fraction of sp³-hybridized carbons (Fsp3) is 0.462. The van der Waals surface area contributed by atoms with E-state index in [0.29, 0.717) is 5.69 Å². The van der Waals surface area contributed by atoms with Gasteiger partial charge in [-0.25, -0.2) is 4.98 Å². The molecule has 0 saturated carbocycles. The van der Waals surface area contributed by atoms with E-state index in [1.807, 2.05) is 0 Å². The van der Waals surface area contributed by atoms with E-state index in [1.54, 1.807) is 6.92 Å². The fourth-order valence-electron chi connectivity index (χ4n) is 2.44. The normalized spacial score (nSPS) is 19.2. The highest BCUT2D eigenvalue weighted by Gasteiger charge is 2.37. The number of fused-ring (bicyclic) bond motifs is 1. The smallest absolute Gasteiger partial charge is 0.358 e. The predicted molar refractivity (Wildman–Crippen MR) is 74.9 cm³/mol. The second-order valence-electron chi connectivity index (χ2n) is 5.45. The van der Waals surface area contributed by atoms with Crippen LogP contribution in [0, 0.1) is 6.92 Å². The molecule has 3 rings (SSSR count). The number of halogens is 3. The SMILES string of the molecule is Cc1cc(N[C@@H]2CCC(=O)N(C)C2=O)n2nc(C(F)(F)F)nc2n1. The van der Waals surface area contributed by atoms with Crippen molar-refractivity contribution in [1.82, 2.24) is 24.5 Å². The third-order valence-electron chi connectivity index (χ3n) is 3.67. The van der Waals surface area contributed by atoms with Gasteiger partial charge in [0.25, 0.3) is 17.5 Å². The molecule has 24 heavy (non-hydrogen) atoms. The van der Waals surface area contributed by atoms with Crippen LogP contribution in [0.2, 0.25) is 0 Å². The molecule has 3 heterocycles. The predicted octanol–water partition coefficient (Wildman–Crippen LogP) is 1.01. The molecule has 1 aliphatic heterocycles. The molecule has 0 aromatic carbocycles. The quantitative estimate of drug-likeness (QED) is 0.819. The first-order chi connectivity index (χ1) is 11.2. The molecule has 0 spiro atoms. The first-order valence-corrected chi connectivity index (χ1v) is 7.05. The van der Waals surface area contributed by atoms with Crippen molar-refractivity contribution >= 4 is 23.4 Å². The molecule has 0 aliphatic carbocycles. The Bertz CT molecular complexity index is 831. The molecule has 1 fully saturated rings. The highest BCUT2D eigenvalue weighted by molar-refractivity contribution is 6.01. The molecule has 11 heteroatoms. The summed E-state index contributed by atoms with van der Waals surface area (Å²) < 4.78 is 39.3. The van der Waals surface area contributed by atoms with E-state index in [0.717, 1.165) is 9.42 Å². The second-order valence-corrected chi connectivity index (χ2v) is 5.45. The van der Waals surface area contributed by atoms with E-state index >= 15 is 0 Å². The van der Waals surface area contributed by atoms with Crippen LogP contribution in [0.3, 0.4) is 0 Å². The molecule has 1 N–H and O–H groups in total.